The standard InChI is InChI=1S/C13H18BrN3O2/c1-9(17-4-6-19-7-5-17)13(18)16-12-3-2-10(14)8-11(12)15/h2-3,8-9H,4-7,15H2,1H3,(H,16,18). The highest BCUT2D eigenvalue weighted by Crippen LogP contribution is 2.23. The van der Waals surface area contributed by atoms with Crippen LogP contribution in [0.5, 0.6) is 0 Å². The first-order valence-corrected chi connectivity index (χ1v) is 7.05. The molecule has 2 rings (SSSR count). The molecular formula is C13H18BrN3O2. The molecule has 0 spiro atoms. The third kappa shape index (κ3) is 3.68. The molecule has 1 atom stereocenters. The van der Waals surface area contributed by atoms with E-state index in [4.69, 9.17) is 10.5 Å². The lowest BCUT2D eigenvalue weighted by atomic mass is 10.2. The number of rotatable bonds is 3. The van der Waals surface area contributed by atoms with Crippen molar-refractivity contribution in [1.82, 2.24) is 4.90 Å². The number of anilines is 2. The Kier molecular flexibility index (Phi) is 4.79. The van der Waals surface area contributed by atoms with Gasteiger partial charge >= 0.3 is 0 Å². The first-order chi connectivity index (χ1) is 9.08. The molecule has 1 aromatic carbocycles. The fourth-order valence-corrected chi connectivity index (χ4v) is 2.39. The van der Waals surface area contributed by atoms with Crippen LogP contribution in [0.4, 0.5) is 11.4 Å². The van der Waals surface area contributed by atoms with Gasteiger partial charge in [-0.1, -0.05) is 15.9 Å². The molecule has 1 fully saturated rings. The van der Waals surface area contributed by atoms with Gasteiger partial charge in [0.25, 0.3) is 0 Å². The first-order valence-electron chi connectivity index (χ1n) is 6.25. The van der Waals surface area contributed by atoms with Crippen molar-refractivity contribution in [1.29, 1.82) is 0 Å². The number of nitrogens with zero attached hydrogens (tertiary/aromatic N) is 1. The van der Waals surface area contributed by atoms with Crippen molar-refractivity contribution in [3.63, 3.8) is 0 Å². The van der Waals surface area contributed by atoms with Crippen molar-refractivity contribution in [2.75, 3.05) is 37.4 Å². The van der Waals surface area contributed by atoms with Gasteiger partial charge < -0.3 is 15.8 Å². The summed E-state index contributed by atoms with van der Waals surface area (Å²) in [5.41, 5.74) is 7.07. The molecule has 1 amide bonds. The molecule has 1 aromatic rings. The summed E-state index contributed by atoms with van der Waals surface area (Å²) in [5, 5.41) is 2.87. The average molecular weight is 328 g/mol. The zero-order valence-electron chi connectivity index (χ0n) is 10.9. The lowest BCUT2D eigenvalue weighted by Crippen LogP contribution is -2.47. The number of morpholine rings is 1. The second kappa shape index (κ2) is 6.36. The lowest BCUT2D eigenvalue weighted by Gasteiger charge is -2.31. The minimum atomic E-state index is -0.188. The average Bonchev–Trinajstić information content (AvgIpc) is 2.42. The quantitative estimate of drug-likeness (QED) is 0.829. The molecule has 6 heteroatoms. The molecule has 0 bridgehead atoms. The first kappa shape index (κ1) is 14.3. The van der Waals surface area contributed by atoms with E-state index in [-0.39, 0.29) is 11.9 Å². The van der Waals surface area contributed by atoms with Crippen LogP contribution < -0.4 is 11.1 Å². The summed E-state index contributed by atoms with van der Waals surface area (Å²) >= 11 is 3.34. The predicted octanol–water partition coefficient (Wildman–Crippen LogP) is 1.69. The molecule has 0 saturated carbocycles. The number of ether oxygens (including phenoxy) is 1. The van der Waals surface area contributed by atoms with Gasteiger partial charge in [-0.05, 0) is 25.1 Å². The topological polar surface area (TPSA) is 67.6 Å². The summed E-state index contributed by atoms with van der Waals surface area (Å²) in [4.78, 5) is 14.3. The van der Waals surface area contributed by atoms with Gasteiger partial charge in [-0.15, -0.1) is 0 Å². The molecular weight excluding hydrogens is 310 g/mol. The monoisotopic (exact) mass is 327 g/mol. The van der Waals surface area contributed by atoms with Crippen LogP contribution in [0.15, 0.2) is 22.7 Å². The van der Waals surface area contributed by atoms with E-state index < -0.39 is 0 Å². The van der Waals surface area contributed by atoms with Crippen LogP contribution in [0.2, 0.25) is 0 Å². The van der Waals surface area contributed by atoms with Crippen LogP contribution in [0.25, 0.3) is 0 Å². The van der Waals surface area contributed by atoms with E-state index in [1.165, 1.54) is 0 Å². The number of nitrogens with two attached hydrogens (primary N) is 1. The van der Waals surface area contributed by atoms with Crippen LogP contribution in [0.3, 0.4) is 0 Å². The molecule has 1 saturated heterocycles. The molecule has 0 aliphatic carbocycles. The van der Waals surface area contributed by atoms with E-state index in [9.17, 15) is 4.79 Å². The predicted molar refractivity (Wildman–Crippen MR) is 79.0 cm³/mol. The summed E-state index contributed by atoms with van der Waals surface area (Å²) in [6, 6.07) is 5.23. The highest BCUT2D eigenvalue weighted by molar-refractivity contribution is 9.10. The Hall–Kier alpha value is -1.11. The number of amides is 1. The number of hydrogen-bond donors (Lipinski definition) is 2. The molecule has 1 unspecified atom stereocenters. The van der Waals surface area contributed by atoms with Gasteiger partial charge in [-0.2, -0.15) is 0 Å². The molecule has 0 aromatic heterocycles. The van der Waals surface area contributed by atoms with Gasteiger partial charge in [0, 0.05) is 17.6 Å². The van der Waals surface area contributed by atoms with E-state index in [2.05, 4.69) is 26.1 Å². The number of carbonyl (C=O) groups is 1. The highest BCUT2D eigenvalue weighted by atomic mass is 79.9. The number of carbonyl (C=O) groups excluding carboxylic acids is 1. The maximum Gasteiger partial charge on any atom is 0.241 e. The molecule has 3 N–H and O–H groups in total. The number of halogens is 1. The lowest BCUT2D eigenvalue weighted by molar-refractivity contribution is -0.122. The van der Waals surface area contributed by atoms with Crippen molar-refractivity contribution >= 4 is 33.2 Å². The van der Waals surface area contributed by atoms with Gasteiger partial charge in [0.15, 0.2) is 0 Å². The normalized spacial score (nSPS) is 18.0. The van der Waals surface area contributed by atoms with Gasteiger partial charge in [-0.3, -0.25) is 9.69 Å². The number of nitrogen functional groups attached to an aromatic ring is 1. The number of hydrogen-bond acceptors (Lipinski definition) is 4. The Labute approximate surface area is 121 Å². The molecule has 5 nitrogen and oxygen atoms in total. The van der Waals surface area contributed by atoms with Gasteiger partial charge in [0.05, 0.1) is 30.6 Å². The summed E-state index contributed by atoms with van der Waals surface area (Å²) in [5.74, 6) is -0.0454. The van der Waals surface area contributed by atoms with E-state index in [0.29, 0.717) is 24.6 Å². The molecule has 1 aliphatic rings. The van der Waals surface area contributed by atoms with Crippen LogP contribution in [-0.4, -0.2) is 43.2 Å². The zero-order valence-corrected chi connectivity index (χ0v) is 12.4. The third-order valence-electron chi connectivity index (χ3n) is 3.24. The van der Waals surface area contributed by atoms with Crippen LogP contribution in [-0.2, 0) is 9.53 Å². The maximum absolute atomic E-state index is 12.2. The Balaban J connectivity index is 1.99. The van der Waals surface area contributed by atoms with Gasteiger partial charge in [-0.25, -0.2) is 0 Å². The summed E-state index contributed by atoms with van der Waals surface area (Å²) in [7, 11) is 0. The smallest absolute Gasteiger partial charge is 0.241 e. The van der Waals surface area contributed by atoms with E-state index in [1.54, 1.807) is 12.1 Å². The Bertz CT molecular complexity index is 461. The second-order valence-corrected chi connectivity index (χ2v) is 5.46. The Morgan fingerprint density at radius 1 is 1.47 bits per heavy atom. The summed E-state index contributed by atoms with van der Waals surface area (Å²) in [6.07, 6.45) is 0. The minimum absolute atomic E-state index is 0.0454. The third-order valence-corrected chi connectivity index (χ3v) is 3.74. The van der Waals surface area contributed by atoms with Gasteiger partial charge in [0.2, 0.25) is 5.91 Å². The second-order valence-electron chi connectivity index (χ2n) is 4.55. The van der Waals surface area contributed by atoms with Crippen LogP contribution in [0.1, 0.15) is 6.92 Å². The van der Waals surface area contributed by atoms with Crippen molar-refractivity contribution in [2.45, 2.75) is 13.0 Å². The highest BCUT2D eigenvalue weighted by Gasteiger charge is 2.23. The van der Waals surface area contributed by atoms with E-state index in [1.807, 2.05) is 13.0 Å². The summed E-state index contributed by atoms with van der Waals surface area (Å²) < 4.78 is 6.17. The van der Waals surface area contributed by atoms with Crippen LogP contribution in [0, 0.1) is 0 Å². The SMILES string of the molecule is CC(C(=O)Nc1ccc(Br)cc1N)N1CCOCC1. The Morgan fingerprint density at radius 2 is 2.16 bits per heavy atom. The van der Waals surface area contributed by atoms with Crippen molar-refractivity contribution in [3.05, 3.63) is 22.7 Å². The Morgan fingerprint density at radius 3 is 2.79 bits per heavy atom. The van der Waals surface area contributed by atoms with E-state index >= 15 is 0 Å². The zero-order chi connectivity index (χ0) is 13.8. The minimum Gasteiger partial charge on any atom is -0.397 e. The van der Waals surface area contributed by atoms with Crippen molar-refractivity contribution in [2.24, 2.45) is 0 Å². The van der Waals surface area contributed by atoms with Crippen LogP contribution >= 0.6 is 15.9 Å². The van der Waals surface area contributed by atoms with E-state index in [0.717, 1.165) is 17.6 Å². The van der Waals surface area contributed by atoms with Crippen molar-refractivity contribution < 1.29 is 9.53 Å². The fourth-order valence-electron chi connectivity index (χ4n) is 2.02. The number of benzene rings is 1. The molecule has 1 aliphatic heterocycles. The number of nitrogens with one attached hydrogen (secondary N) is 1. The molecule has 104 valence electrons. The fraction of sp³-hybridized carbons (Fsp3) is 0.462. The summed E-state index contributed by atoms with van der Waals surface area (Å²) in [6.45, 7) is 4.82. The molecule has 0 radical (unpaired) electrons. The molecule has 19 heavy (non-hydrogen) atoms. The maximum atomic E-state index is 12.2. The molecule has 1 heterocycles. The van der Waals surface area contributed by atoms with Crippen molar-refractivity contribution in [3.8, 4) is 0 Å². The largest absolute Gasteiger partial charge is 0.397 e. The van der Waals surface area contributed by atoms with Gasteiger partial charge in [0.1, 0.15) is 0 Å².